The predicted molar refractivity (Wildman–Crippen MR) is 101 cm³/mol. The van der Waals surface area contributed by atoms with Crippen LogP contribution in [0.5, 0.6) is 0 Å². The van der Waals surface area contributed by atoms with Crippen molar-refractivity contribution in [2.75, 3.05) is 25.5 Å². The SMILES string of the molecule is Cc1cc(=O)n2c(CCNC(=O)c3ccc(N(C)C)cc3)csc2n1. The largest absolute Gasteiger partial charge is 0.378 e. The quantitative estimate of drug-likeness (QED) is 0.760. The second kappa shape index (κ2) is 7.06. The first-order valence-electron chi connectivity index (χ1n) is 7.98. The van der Waals surface area contributed by atoms with Gasteiger partial charge in [0.25, 0.3) is 11.5 Å². The van der Waals surface area contributed by atoms with Gasteiger partial charge in [-0.15, -0.1) is 11.3 Å². The number of hydrogen-bond donors (Lipinski definition) is 1. The Morgan fingerprint density at radius 1 is 1.28 bits per heavy atom. The molecule has 2 aromatic heterocycles. The number of nitrogens with zero attached hydrogens (tertiary/aromatic N) is 3. The maximum absolute atomic E-state index is 12.2. The van der Waals surface area contributed by atoms with Gasteiger partial charge in [0.2, 0.25) is 0 Å². The number of carbonyl (C=O) groups excluding carboxylic acids is 1. The molecule has 130 valence electrons. The number of aryl methyl sites for hydroxylation is 1. The number of rotatable bonds is 5. The summed E-state index contributed by atoms with van der Waals surface area (Å²) >= 11 is 1.44. The van der Waals surface area contributed by atoms with Crippen LogP contribution in [0, 0.1) is 6.92 Å². The van der Waals surface area contributed by atoms with Crippen LogP contribution in [0.3, 0.4) is 0 Å². The van der Waals surface area contributed by atoms with Crippen LogP contribution in [0.4, 0.5) is 5.69 Å². The molecule has 0 aliphatic carbocycles. The van der Waals surface area contributed by atoms with Crippen LogP contribution in [0.2, 0.25) is 0 Å². The lowest BCUT2D eigenvalue weighted by atomic mass is 10.2. The highest BCUT2D eigenvalue weighted by Crippen LogP contribution is 2.14. The Morgan fingerprint density at radius 3 is 2.68 bits per heavy atom. The Morgan fingerprint density at radius 2 is 2.00 bits per heavy atom. The minimum absolute atomic E-state index is 0.0793. The third-order valence-electron chi connectivity index (χ3n) is 3.92. The van der Waals surface area contributed by atoms with Gasteiger partial charge in [-0.1, -0.05) is 0 Å². The van der Waals surface area contributed by atoms with Crippen molar-refractivity contribution >= 4 is 27.9 Å². The highest BCUT2D eigenvalue weighted by molar-refractivity contribution is 7.15. The Balaban J connectivity index is 1.65. The van der Waals surface area contributed by atoms with Gasteiger partial charge in [-0.3, -0.25) is 14.0 Å². The molecule has 25 heavy (non-hydrogen) atoms. The molecule has 0 aliphatic rings. The zero-order valence-electron chi connectivity index (χ0n) is 14.4. The second-order valence-corrected chi connectivity index (χ2v) is 6.86. The smallest absolute Gasteiger partial charge is 0.258 e. The van der Waals surface area contributed by atoms with E-state index in [9.17, 15) is 9.59 Å². The van der Waals surface area contributed by atoms with Crippen LogP contribution in [0.1, 0.15) is 21.7 Å². The first-order chi connectivity index (χ1) is 12.0. The van der Waals surface area contributed by atoms with E-state index in [4.69, 9.17) is 0 Å². The number of benzene rings is 1. The third-order valence-corrected chi connectivity index (χ3v) is 4.79. The molecule has 6 nitrogen and oxygen atoms in total. The van der Waals surface area contributed by atoms with Crippen molar-refractivity contribution < 1.29 is 4.79 Å². The van der Waals surface area contributed by atoms with Crippen molar-refractivity contribution in [3.05, 3.63) is 63.0 Å². The summed E-state index contributed by atoms with van der Waals surface area (Å²) in [5, 5.41) is 4.82. The van der Waals surface area contributed by atoms with Crippen molar-refractivity contribution in [1.29, 1.82) is 0 Å². The van der Waals surface area contributed by atoms with Gasteiger partial charge in [-0.25, -0.2) is 4.98 Å². The molecule has 3 rings (SSSR count). The summed E-state index contributed by atoms with van der Waals surface area (Å²) in [6.07, 6.45) is 0.576. The van der Waals surface area contributed by atoms with Crippen molar-refractivity contribution in [3.8, 4) is 0 Å². The predicted octanol–water partition coefficient (Wildman–Crippen LogP) is 2.10. The molecule has 0 saturated heterocycles. The Hall–Kier alpha value is -2.67. The van der Waals surface area contributed by atoms with E-state index in [1.54, 1.807) is 4.40 Å². The van der Waals surface area contributed by atoms with E-state index >= 15 is 0 Å². The van der Waals surface area contributed by atoms with Gasteiger partial charge in [0.05, 0.1) is 0 Å². The maximum atomic E-state index is 12.2. The normalized spacial score (nSPS) is 10.8. The van der Waals surface area contributed by atoms with Gasteiger partial charge in [0.1, 0.15) is 0 Å². The van der Waals surface area contributed by atoms with Crippen molar-refractivity contribution in [3.63, 3.8) is 0 Å². The summed E-state index contributed by atoms with van der Waals surface area (Å²) in [5.74, 6) is -0.119. The number of carbonyl (C=O) groups is 1. The number of nitrogens with one attached hydrogen (secondary N) is 1. The lowest BCUT2D eigenvalue weighted by Gasteiger charge is -2.12. The van der Waals surface area contributed by atoms with Crippen molar-refractivity contribution in [2.24, 2.45) is 0 Å². The highest BCUT2D eigenvalue weighted by atomic mass is 32.1. The number of thiazole rings is 1. The molecule has 2 heterocycles. The monoisotopic (exact) mass is 356 g/mol. The number of hydrogen-bond acceptors (Lipinski definition) is 5. The standard InChI is InChI=1S/C18H20N4O2S/c1-12-10-16(23)22-15(11-25-18(22)20-12)8-9-19-17(24)13-4-6-14(7-5-13)21(2)3/h4-7,10-11H,8-9H2,1-3H3,(H,19,24). The summed E-state index contributed by atoms with van der Waals surface area (Å²) in [6.45, 7) is 2.27. The fraction of sp³-hybridized carbons (Fsp3) is 0.278. The summed E-state index contributed by atoms with van der Waals surface area (Å²) in [6, 6.07) is 8.96. The zero-order valence-corrected chi connectivity index (χ0v) is 15.3. The molecule has 0 bridgehead atoms. The van der Waals surface area contributed by atoms with Gasteiger partial charge in [-0.2, -0.15) is 0 Å². The lowest BCUT2D eigenvalue weighted by Crippen LogP contribution is -2.26. The molecule has 0 spiro atoms. The third kappa shape index (κ3) is 3.71. The highest BCUT2D eigenvalue weighted by Gasteiger charge is 2.09. The van der Waals surface area contributed by atoms with Gasteiger partial charge in [0.15, 0.2) is 4.96 Å². The summed E-state index contributed by atoms with van der Waals surface area (Å²) in [7, 11) is 3.91. The Bertz CT molecular complexity index is 957. The molecule has 0 saturated carbocycles. The average molecular weight is 356 g/mol. The molecule has 1 amide bonds. The van der Waals surface area contributed by atoms with Gasteiger partial charge in [-0.05, 0) is 31.2 Å². The molecule has 0 radical (unpaired) electrons. The summed E-state index contributed by atoms with van der Waals surface area (Å²) < 4.78 is 1.61. The maximum Gasteiger partial charge on any atom is 0.258 e. The number of amides is 1. The molecular weight excluding hydrogens is 336 g/mol. The summed E-state index contributed by atoms with van der Waals surface area (Å²) in [4.78, 5) is 31.4. The van der Waals surface area contributed by atoms with E-state index < -0.39 is 0 Å². The molecule has 3 aromatic rings. The Labute approximate surface area is 149 Å². The van der Waals surface area contributed by atoms with Crippen molar-refractivity contribution in [1.82, 2.24) is 14.7 Å². The number of fused-ring (bicyclic) bond motifs is 1. The van der Waals surface area contributed by atoms with Crippen molar-refractivity contribution in [2.45, 2.75) is 13.3 Å². The van der Waals surface area contributed by atoms with Crippen LogP contribution in [-0.2, 0) is 6.42 Å². The lowest BCUT2D eigenvalue weighted by molar-refractivity contribution is 0.0954. The minimum atomic E-state index is -0.119. The van der Waals surface area contributed by atoms with E-state index in [1.165, 1.54) is 17.4 Å². The topological polar surface area (TPSA) is 66.7 Å². The number of aromatic nitrogens is 2. The molecule has 0 aliphatic heterocycles. The first kappa shape index (κ1) is 17.2. The second-order valence-electron chi connectivity index (χ2n) is 6.03. The minimum Gasteiger partial charge on any atom is -0.378 e. The fourth-order valence-electron chi connectivity index (χ4n) is 2.58. The first-order valence-corrected chi connectivity index (χ1v) is 8.86. The van der Waals surface area contributed by atoms with Crippen LogP contribution in [0.25, 0.3) is 4.96 Å². The molecular formula is C18H20N4O2S. The molecule has 0 atom stereocenters. The van der Waals surface area contributed by atoms with E-state index in [2.05, 4.69) is 10.3 Å². The molecule has 7 heteroatoms. The molecule has 1 aromatic carbocycles. The van der Waals surface area contributed by atoms with Crippen LogP contribution >= 0.6 is 11.3 Å². The van der Waals surface area contributed by atoms with E-state index in [1.807, 2.05) is 55.6 Å². The fourth-order valence-corrected chi connectivity index (χ4v) is 3.55. The van der Waals surface area contributed by atoms with Gasteiger partial charge >= 0.3 is 0 Å². The summed E-state index contributed by atoms with van der Waals surface area (Å²) in [5.41, 5.74) is 3.16. The zero-order chi connectivity index (χ0) is 18.0. The molecule has 0 fully saturated rings. The van der Waals surface area contributed by atoms with E-state index in [0.717, 1.165) is 11.4 Å². The van der Waals surface area contributed by atoms with Gasteiger partial charge < -0.3 is 10.2 Å². The van der Waals surface area contributed by atoms with E-state index in [0.29, 0.717) is 29.2 Å². The van der Waals surface area contributed by atoms with Crippen LogP contribution < -0.4 is 15.8 Å². The van der Waals surface area contributed by atoms with Crippen LogP contribution in [-0.4, -0.2) is 35.9 Å². The van der Waals surface area contributed by atoms with E-state index in [-0.39, 0.29) is 11.5 Å². The average Bonchev–Trinajstić information content (AvgIpc) is 2.98. The molecule has 1 N–H and O–H groups in total. The molecule has 0 unspecified atom stereocenters. The van der Waals surface area contributed by atoms with Gasteiger partial charge in [0, 0.05) is 61.1 Å². The Kier molecular flexibility index (Phi) is 4.85. The number of anilines is 1. The van der Waals surface area contributed by atoms with Crippen LogP contribution in [0.15, 0.2) is 40.5 Å².